The van der Waals surface area contributed by atoms with Gasteiger partial charge in [-0.1, -0.05) is 23.9 Å². The Labute approximate surface area is 179 Å². The van der Waals surface area contributed by atoms with Gasteiger partial charge in [0.2, 0.25) is 5.91 Å². The second kappa shape index (κ2) is 8.54. The number of sulfone groups is 1. The summed E-state index contributed by atoms with van der Waals surface area (Å²) in [5, 5.41) is 2.44. The molecule has 0 unspecified atom stereocenters. The number of ether oxygens (including phenoxy) is 1. The first-order chi connectivity index (χ1) is 14.0. The molecule has 2 fully saturated rings. The van der Waals surface area contributed by atoms with Gasteiger partial charge in [0.25, 0.3) is 0 Å². The third kappa shape index (κ3) is 5.51. The molecule has 2 atom stereocenters. The molecule has 0 aromatic heterocycles. The van der Waals surface area contributed by atoms with Crippen LogP contribution in [0.1, 0.15) is 27.2 Å². The van der Waals surface area contributed by atoms with Gasteiger partial charge in [-0.05, 0) is 32.9 Å². The van der Waals surface area contributed by atoms with Crippen LogP contribution in [0.25, 0.3) is 0 Å². The van der Waals surface area contributed by atoms with Crippen LogP contribution in [0.15, 0.2) is 29.3 Å². The lowest BCUT2D eigenvalue weighted by atomic mass is 10.2. The molecular weight excluding hydrogens is 433 g/mol. The highest BCUT2D eigenvalue weighted by molar-refractivity contribution is 8.16. The first-order valence-corrected chi connectivity index (χ1v) is 12.1. The van der Waals surface area contributed by atoms with Gasteiger partial charge in [0.1, 0.15) is 11.4 Å². The molecule has 0 bridgehead atoms. The molecule has 1 aromatic rings. The first-order valence-electron chi connectivity index (χ1n) is 9.44. The van der Waals surface area contributed by atoms with Crippen molar-refractivity contribution in [3.8, 4) is 0 Å². The van der Waals surface area contributed by atoms with Crippen LogP contribution in [-0.2, 0) is 19.4 Å². The maximum atomic E-state index is 14.4. The topological polar surface area (TPSA) is 105 Å². The van der Waals surface area contributed by atoms with E-state index in [2.05, 4.69) is 10.3 Å². The molecule has 3 rings (SSSR count). The Kier molecular flexibility index (Phi) is 6.42. The number of aliphatic imine (C=N–C) groups is 1. The van der Waals surface area contributed by atoms with E-state index in [0.717, 1.165) is 0 Å². The number of amidine groups is 1. The fraction of sp³-hybridized carbons (Fsp3) is 0.526. The molecule has 8 nitrogen and oxygen atoms in total. The molecule has 11 heteroatoms. The summed E-state index contributed by atoms with van der Waals surface area (Å²) < 4.78 is 43.6. The van der Waals surface area contributed by atoms with E-state index in [1.807, 2.05) is 0 Å². The molecule has 2 amide bonds. The Balaban J connectivity index is 1.72. The quantitative estimate of drug-likeness (QED) is 0.740. The van der Waals surface area contributed by atoms with Gasteiger partial charge in [0.05, 0.1) is 23.2 Å². The molecule has 0 aliphatic carbocycles. The molecule has 1 aromatic carbocycles. The van der Waals surface area contributed by atoms with E-state index in [9.17, 15) is 22.4 Å². The SMILES string of the molecule is CC(C)(C)OC(=O)NCCC(=O)N=C1S[C@H]2CS(=O)(=O)C[C@@H]2N1c1ccccc1F. The van der Waals surface area contributed by atoms with Crippen molar-refractivity contribution >= 4 is 44.5 Å². The van der Waals surface area contributed by atoms with Crippen molar-refractivity contribution in [2.24, 2.45) is 4.99 Å². The summed E-state index contributed by atoms with van der Waals surface area (Å²) in [5.41, 5.74) is -0.458. The Morgan fingerprint density at radius 2 is 2.00 bits per heavy atom. The molecule has 2 aliphatic heterocycles. The Hall–Kier alpha value is -2.14. The minimum absolute atomic E-state index is 0.0378. The smallest absolute Gasteiger partial charge is 0.407 e. The van der Waals surface area contributed by atoms with Crippen LogP contribution in [0.4, 0.5) is 14.9 Å². The average molecular weight is 458 g/mol. The average Bonchev–Trinajstić information content (AvgIpc) is 3.05. The summed E-state index contributed by atoms with van der Waals surface area (Å²) in [5.74, 6) is -1.18. The predicted octanol–water partition coefficient (Wildman–Crippen LogP) is 2.34. The minimum atomic E-state index is -3.24. The predicted molar refractivity (Wildman–Crippen MR) is 114 cm³/mol. The number of anilines is 1. The minimum Gasteiger partial charge on any atom is -0.444 e. The molecule has 0 spiro atoms. The van der Waals surface area contributed by atoms with Gasteiger partial charge in [0, 0.05) is 18.2 Å². The van der Waals surface area contributed by atoms with Crippen molar-refractivity contribution in [2.75, 3.05) is 23.0 Å². The van der Waals surface area contributed by atoms with E-state index < -0.39 is 39.3 Å². The highest BCUT2D eigenvalue weighted by Gasteiger charge is 2.49. The number of benzene rings is 1. The lowest BCUT2D eigenvalue weighted by Gasteiger charge is -2.24. The van der Waals surface area contributed by atoms with Crippen LogP contribution in [-0.4, -0.2) is 60.5 Å². The van der Waals surface area contributed by atoms with Gasteiger partial charge in [-0.2, -0.15) is 4.99 Å². The molecule has 164 valence electrons. The maximum absolute atomic E-state index is 14.4. The number of thioether (sulfide) groups is 1. The van der Waals surface area contributed by atoms with E-state index >= 15 is 0 Å². The zero-order chi connectivity index (χ0) is 22.1. The van der Waals surface area contributed by atoms with Gasteiger partial charge in [-0.3, -0.25) is 4.79 Å². The first kappa shape index (κ1) is 22.5. The van der Waals surface area contributed by atoms with Crippen LogP contribution < -0.4 is 10.2 Å². The second-order valence-electron chi connectivity index (χ2n) is 8.09. The molecule has 2 aliphatic rings. The summed E-state index contributed by atoms with van der Waals surface area (Å²) in [7, 11) is -3.24. The van der Waals surface area contributed by atoms with Crippen LogP contribution in [0.2, 0.25) is 0 Å². The van der Waals surface area contributed by atoms with Gasteiger partial charge < -0.3 is 15.0 Å². The normalized spacial score (nSPS) is 24.0. The van der Waals surface area contributed by atoms with Crippen LogP contribution in [0, 0.1) is 5.82 Å². The summed E-state index contributed by atoms with van der Waals surface area (Å²) in [6.07, 6.45) is -0.701. The second-order valence-corrected chi connectivity index (χ2v) is 11.4. The Morgan fingerprint density at radius 1 is 1.30 bits per heavy atom. The third-order valence-corrected chi connectivity index (χ3v) is 7.62. The number of hydrogen-bond acceptors (Lipinski definition) is 6. The van der Waals surface area contributed by atoms with E-state index in [-0.39, 0.29) is 40.6 Å². The van der Waals surface area contributed by atoms with E-state index in [1.54, 1.807) is 26.8 Å². The molecule has 2 heterocycles. The molecule has 30 heavy (non-hydrogen) atoms. The van der Waals surface area contributed by atoms with Crippen LogP contribution >= 0.6 is 11.8 Å². The number of hydrogen-bond donors (Lipinski definition) is 1. The lowest BCUT2D eigenvalue weighted by molar-refractivity contribution is -0.117. The highest BCUT2D eigenvalue weighted by Crippen LogP contribution is 2.41. The van der Waals surface area contributed by atoms with Gasteiger partial charge in [0.15, 0.2) is 15.0 Å². The zero-order valence-corrected chi connectivity index (χ0v) is 18.6. The van der Waals surface area contributed by atoms with Crippen LogP contribution in [0.5, 0.6) is 0 Å². The van der Waals surface area contributed by atoms with Crippen molar-refractivity contribution in [1.82, 2.24) is 5.32 Å². The van der Waals surface area contributed by atoms with Crippen molar-refractivity contribution in [1.29, 1.82) is 0 Å². The number of fused-ring (bicyclic) bond motifs is 1. The number of nitrogens with one attached hydrogen (secondary N) is 1. The van der Waals surface area contributed by atoms with Crippen LogP contribution in [0.3, 0.4) is 0 Å². The maximum Gasteiger partial charge on any atom is 0.407 e. The zero-order valence-electron chi connectivity index (χ0n) is 16.9. The number of rotatable bonds is 4. The number of nitrogens with zero attached hydrogens (tertiary/aromatic N) is 2. The summed E-state index contributed by atoms with van der Waals surface area (Å²) >= 11 is 1.17. The van der Waals surface area contributed by atoms with Crippen molar-refractivity contribution in [2.45, 2.75) is 44.1 Å². The standard InChI is InChI=1S/C19H24FN3O5S2/c1-19(2,3)28-18(25)21-9-8-16(24)22-17-23(13-7-5-4-6-12(13)20)14-10-30(26,27)11-15(14)29-17/h4-7,14-15H,8-11H2,1-3H3,(H,21,25)/t14-,15-/m0/s1. The highest BCUT2D eigenvalue weighted by atomic mass is 32.2. The number of halogens is 1. The summed E-state index contributed by atoms with van der Waals surface area (Å²) in [6.45, 7) is 5.23. The number of amides is 2. The van der Waals surface area contributed by atoms with Gasteiger partial charge >= 0.3 is 6.09 Å². The molecule has 0 saturated carbocycles. The third-order valence-electron chi connectivity index (χ3n) is 4.41. The summed E-state index contributed by atoms with van der Waals surface area (Å²) in [4.78, 5) is 29.6. The monoisotopic (exact) mass is 457 g/mol. The number of carbonyl (C=O) groups excluding carboxylic acids is 2. The van der Waals surface area contributed by atoms with E-state index in [1.165, 1.54) is 34.9 Å². The molecular formula is C19H24FN3O5S2. The summed E-state index contributed by atoms with van der Waals surface area (Å²) in [6, 6.07) is 5.51. The number of alkyl carbamates (subject to hydrolysis) is 1. The van der Waals surface area contributed by atoms with E-state index in [0.29, 0.717) is 0 Å². The van der Waals surface area contributed by atoms with Gasteiger partial charge in [-0.25, -0.2) is 17.6 Å². The number of carbonyl (C=O) groups is 2. The van der Waals surface area contributed by atoms with Crippen molar-refractivity contribution < 1.29 is 27.1 Å². The van der Waals surface area contributed by atoms with E-state index in [4.69, 9.17) is 4.74 Å². The fourth-order valence-electron chi connectivity index (χ4n) is 3.24. The molecule has 0 radical (unpaired) electrons. The fourth-order valence-corrected chi connectivity index (χ4v) is 7.17. The number of para-hydroxylation sites is 1. The lowest BCUT2D eigenvalue weighted by Crippen LogP contribution is -2.38. The van der Waals surface area contributed by atoms with Gasteiger partial charge in [-0.15, -0.1) is 0 Å². The Morgan fingerprint density at radius 3 is 2.67 bits per heavy atom. The molecule has 2 saturated heterocycles. The molecule has 1 N–H and O–H groups in total. The largest absolute Gasteiger partial charge is 0.444 e. The van der Waals surface area contributed by atoms with Crippen molar-refractivity contribution in [3.63, 3.8) is 0 Å². The Bertz CT molecular complexity index is 975. The van der Waals surface area contributed by atoms with Crippen molar-refractivity contribution in [3.05, 3.63) is 30.1 Å².